The number of nitrogens with two attached hydrogens (primary N) is 1. The molecule has 2 saturated carbocycles. The van der Waals surface area contributed by atoms with Crippen LogP contribution in [0.1, 0.15) is 51.9 Å². The summed E-state index contributed by atoms with van der Waals surface area (Å²) in [5.41, 5.74) is 9.57. The number of allylic oxidation sites excluding steroid dienone is 1. The van der Waals surface area contributed by atoms with Gasteiger partial charge >= 0.3 is 0 Å². The third-order valence-electron chi connectivity index (χ3n) is 3.75. The number of rotatable bonds is 3. The third-order valence-corrected chi connectivity index (χ3v) is 3.75. The molecule has 2 rings (SSSR count). The Kier molecular flexibility index (Phi) is 2.73. The normalized spacial score (nSPS) is 24.9. The minimum Gasteiger partial charge on any atom is -0.324 e. The summed E-state index contributed by atoms with van der Waals surface area (Å²) in [6.45, 7) is 2.21. The highest BCUT2D eigenvalue weighted by atomic mass is 14.6. The van der Waals surface area contributed by atoms with Crippen LogP contribution in [-0.2, 0) is 0 Å². The van der Waals surface area contributed by atoms with E-state index < -0.39 is 0 Å². The van der Waals surface area contributed by atoms with Crippen molar-refractivity contribution in [3.63, 3.8) is 0 Å². The molecule has 1 unspecified atom stereocenters. The number of hydrogen-bond acceptors (Lipinski definition) is 1. The van der Waals surface area contributed by atoms with Crippen LogP contribution >= 0.6 is 0 Å². The van der Waals surface area contributed by atoms with Gasteiger partial charge in [-0.1, -0.05) is 24.5 Å². The molecule has 0 spiro atoms. The smallest absolute Gasteiger partial charge is 0.0256 e. The molecule has 13 heavy (non-hydrogen) atoms. The van der Waals surface area contributed by atoms with Crippen LogP contribution in [-0.4, -0.2) is 6.04 Å². The molecule has 1 nitrogen and oxygen atoms in total. The standard InChI is InChI=1S/C12H21N/c1-2-11(13)12(9-5-3-6-9)10-7-4-8-10/h9,11H,2-8,13H2,1H3. The lowest BCUT2D eigenvalue weighted by molar-refractivity contribution is 0.340. The van der Waals surface area contributed by atoms with E-state index >= 15 is 0 Å². The van der Waals surface area contributed by atoms with Gasteiger partial charge in [-0.05, 0) is 44.4 Å². The Bertz CT molecular complexity index is 200. The van der Waals surface area contributed by atoms with Crippen LogP contribution in [0.2, 0.25) is 0 Å². The molecule has 2 N–H and O–H groups in total. The summed E-state index contributed by atoms with van der Waals surface area (Å²) in [6.07, 6.45) is 9.47. The Morgan fingerprint density at radius 2 is 2.08 bits per heavy atom. The fourth-order valence-electron chi connectivity index (χ4n) is 2.44. The second kappa shape index (κ2) is 3.83. The van der Waals surface area contributed by atoms with E-state index in [1.165, 1.54) is 38.5 Å². The first-order chi connectivity index (χ1) is 6.33. The van der Waals surface area contributed by atoms with Gasteiger partial charge in [0.15, 0.2) is 0 Å². The van der Waals surface area contributed by atoms with E-state index in [4.69, 9.17) is 5.73 Å². The van der Waals surface area contributed by atoms with Crippen molar-refractivity contribution in [2.45, 2.75) is 57.9 Å². The van der Waals surface area contributed by atoms with Gasteiger partial charge in [0, 0.05) is 6.04 Å². The SMILES string of the molecule is CCC(N)C(=C1CCC1)C1CCC1. The Morgan fingerprint density at radius 3 is 2.38 bits per heavy atom. The Labute approximate surface area is 81.4 Å². The Hall–Kier alpha value is -0.300. The zero-order valence-electron chi connectivity index (χ0n) is 8.68. The Morgan fingerprint density at radius 1 is 1.38 bits per heavy atom. The highest BCUT2D eigenvalue weighted by molar-refractivity contribution is 5.27. The molecular weight excluding hydrogens is 158 g/mol. The predicted molar refractivity (Wildman–Crippen MR) is 56.5 cm³/mol. The minimum absolute atomic E-state index is 0.376. The molecule has 0 bridgehead atoms. The zero-order valence-corrected chi connectivity index (χ0v) is 8.68. The van der Waals surface area contributed by atoms with Gasteiger partial charge in [-0.2, -0.15) is 0 Å². The van der Waals surface area contributed by atoms with Gasteiger partial charge in [0.05, 0.1) is 0 Å². The summed E-state index contributed by atoms with van der Waals surface area (Å²) in [6, 6.07) is 0.376. The van der Waals surface area contributed by atoms with E-state index in [2.05, 4.69) is 6.92 Å². The molecule has 0 radical (unpaired) electrons. The summed E-state index contributed by atoms with van der Waals surface area (Å²) in [5, 5.41) is 0. The van der Waals surface area contributed by atoms with Crippen LogP contribution < -0.4 is 5.73 Å². The molecule has 0 aromatic rings. The van der Waals surface area contributed by atoms with E-state index in [-0.39, 0.29) is 0 Å². The molecule has 0 aliphatic heterocycles. The Balaban J connectivity index is 2.10. The van der Waals surface area contributed by atoms with Gasteiger partial charge in [0.1, 0.15) is 0 Å². The van der Waals surface area contributed by atoms with Crippen LogP contribution in [0.3, 0.4) is 0 Å². The van der Waals surface area contributed by atoms with Gasteiger partial charge in [0.25, 0.3) is 0 Å². The largest absolute Gasteiger partial charge is 0.324 e. The second-order valence-corrected chi connectivity index (χ2v) is 4.56. The lowest BCUT2D eigenvalue weighted by Crippen LogP contribution is -2.32. The van der Waals surface area contributed by atoms with E-state index in [0.29, 0.717) is 6.04 Å². The molecule has 2 aliphatic rings. The molecule has 1 atom stereocenters. The van der Waals surface area contributed by atoms with Crippen molar-refractivity contribution < 1.29 is 0 Å². The maximum absolute atomic E-state index is 6.18. The van der Waals surface area contributed by atoms with Crippen molar-refractivity contribution in [1.82, 2.24) is 0 Å². The van der Waals surface area contributed by atoms with Gasteiger partial charge in [-0.3, -0.25) is 0 Å². The van der Waals surface area contributed by atoms with Crippen molar-refractivity contribution in [2.24, 2.45) is 11.7 Å². The third kappa shape index (κ3) is 1.67. The lowest BCUT2D eigenvalue weighted by Gasteiger charge is -2.36. The summed E-state index contributed by atoms with van der Waals surface area (Å²) in [7, 11) is 0. The van der Waals surface area contributed by atoms with Crippen molar-refractivity contribution >= 4 is 0 Å². The predicted octanol–water partition coefficient (Wildman–Crippen LogP) is 3.00. The van der Waals surface area contributed by atoms with Crippen molar-refractivity contribution in [3.8, 4) is 0 Å². The molecule has 2 fully saturated rings. The summed E-state index contributed by atoms with van der Waals surface area (Å²) in [5.74, 6) is 0.880. The first kappa shape index (κ1) is 9.26. The zero-order chi connectivity index (χ0) is 9.26. The maximum Gasteiger partial charge on any atom is 0.0256 e. The van der Waals surface area contributed by atoms with Gasteiger partial charge in [-0.25, -0.2) is 0 Å². The minimum atomic E-state index is 0.376. The summed E-state index contributed by atoms with van der Waals surface area (Å²) >= 11 is 0. The van der Waals surface area contributed by atoms with Crippen LogP contribution in [0, 0.1) is 5.92 Å². The van der Waals surface area contributed by atoms with Gasteiger partial charge in [0.2, 0.25) is 0 Å². The average molecular weight is 179 g/mol. The molecule has 0 heterocycles. The fraction of sp³-hybridized carbons (Fsp3) is 0.833. The molecular formula is C12H21N. The van der Waals surface area contributed by atoms with E-state index in [0.717, 1.165) is 12.3 Å². The first-order valence-corrected chi connectivity index (χ1v) is 5.80. The van der Waals surface area contributed by atoms with Gasteiger partial charge in [-0.15, -0.1) is 0 Å². The quantitative estimate of drug-likeness (QED) is 0.662. The lowest BCUT2D eigenvalue weighted by atomic mass is 9.71. The molecule has 2 aliphatic carbocycles. The highest BCUT2D eigenvalue weighted by Gasteiger charge is 2.29. The summed E-state index contributed by atoms with van der Waals surface area (Å²) < 4.78 is 0. The second-order valence-electron chi connectivity index (χ2n) is 4.56. The van der Waals surface area contributed by atoms with Crippen LogP contribution in [0.25, 0.3) is 0 Å². The monoisotopic (exact) mass is 179 g/mol. The van der Waals surface area contributed by atoms with Crippen molar-refractivity contribution in [3.05, 3.63) is 11.1 Å². The molecule has 0 saturated heterocycles. The average Bonchev–Trinajstić information content (AvgIpc) is 1.95. The fourth-order valence-corrected chi connectivity index (χ4v) is 2.44. The molecule has 0 aromatic heterocycles. The summed E-state index contributed by atoms with van der Waals surface area (Å²) in [4.78, 5) is 0. The maximum atomic E-state index is 6.18. The van der Waals surface area contributed by atoms with Crippen molar-refractivity contribution in [2.75, 3.05) is 0 Å². The molecule has 74 valence electrons. The molecule has 1 heteroatoms. The van der Waals surface area contributed by atoms with Crippen LogP contribution in [0.4, 0.5) is 0 Å². The van der Waals surface area contributed by atoms with E-state index in [9.17, 15) is 0 Å². The van der Waals surface area contributed by atoms with Crippen LogP contribution in [0.5, 0.6) is 0 Å². The van der Waals surface area contributed by atoms with Gasteiger partial charge < -0.3 is 5.73 Å². The molecule has 0 amide bonds. The topological polar surface area (TPSA) is 26.0 Å². The molecule has 0 aromatic carbocycles. The van der Waals surface area contributed by atoms with Crippen molar-refractivity contribution in [1.29, 1.82) is 0 Å². The number of hydrogen-bond donors (Lipinski definition) is 1. The van der Waals surface area contributed by atoms with E-state index in [1.54, 1.807) is 11.1 Å². The highest BCUT2D eigenvalue weighted by Crippen LogP contribution is 2.41. The van der Waals surface area contributed by atoms with Crippen LogP contribution in [0.15, 0.2) is 11.1 Å². The van der Waals surface area contributed by atoms with E-state index in [1.807, 2.05) is 0 Å². The first-order valence-electron chi connectivity index (χ1n) is 5.80.